The Bertz CT molecular complexity index is 563. The molecule has 1 amide bonds. The predicted octanol–water partition coefficient (Wildman–Crippen LogP) is 2.55. The van der Waals surface area contributed by atoms with Crippen molar-refractivity contribution in [3.8, 4) is 0 Å². The summed E-state index contributed by atoms with van der Waals surface area (Å²) < 4.78 is 0. The fourth-order valence-corrected chi connectivity index (χ4v) is 2.12. The lowest BCUT2D eigenvalue weighted by Crippen LogP contribution is -2.41. The molecular weight excluding hydrogens is 248 g/mol. The number of hydrogen-bond acceptors (Lipinski definition) is 2. The summed E-state index contributed by atoms with van der Waals surface area (Å²) in [6.07, 6.45) is 0. The first-order valence-electron chi connectivity index (χ1n) is 6.75. The molecule has 2 rings (SSSR count). The summed E-state index contributed by atoms with van der Waals surface area (Å²) in [6.45, 7) is 3.84. The van der Waals surface area contributed by atoms with Crippen LogP contribution in [0.3, 0.4) is 0 Å². The minimum absolute atomic E-state index is 0.0423. The minimum atomic E-state index is -0.387. The van der Waals surface area contributed by atoms with Gasteiger partial charge in [0.1, 0.15) is 0 Å². The van der Waals surface area contributed by atoms with E-state index in [2.05, 4.69) is 36.5 Å². The van der Waals surface area contributed by atoms with Crippen molar-refractivity contribution in [3.05, 3.63) is 71.3 Å². The summed E-state index contributed by atoms with van der Waals surface area (Å²) in [5, 5.41) is 3.29. The van der Waals surface area contributed by atoms with Gasteiger partial charge in [0.15, 0.2) is 0 Å². The summed E-state index contributed by atoms with van der Waals surface area (Å²) in [5.74, 6) is -0.349. The molecule has 104 valence electrons. The highest BCUT2D eigenvalue weighted by atomic mass is 16.1. The predicted molar refractivity (Wildman–Crippen MR) is 81.3 cm³/mol. The van der Waals surface area contributed by atoms with Gasteiger partial charge in [-0.2, -0.15) is 0 Å². The Kier molecular flexibility index (Phi) is 4.53. The zero-order valence-corrected chi connectivity index (χ0v) is 11.8. The summed E-state index contributed by atoms with van der Waals surface area (Å²) in [7, 11) is 0. The van der Waals surface area contributed by atoms with Crippen molar-refractivity contribution in [2.75, 3.05) is 0 Å². The van der Waals surface area contributed by atoms with E-state index >= 15 is 0 Å². The normalized spacial score (nSPS) is 13.7. The molecule has 0 saturated heterocycles. The number of hydrogen-bond donors (Lipinski definition) is 2. The van der Waals surface area contributed by atoms with Gasteiger partial charge in [-0.05, 0) is 25.0 Å². The number of aryl methyl sites for hydroxylation is 1. The van der Waals surface area contributed by atoms with Crippen LogP contribution in [-0.4, -0.2) is 11.9 Å². The number of carbonyl (C=O) groups is 1. The number of carbonyl (C=O) groups excluding carboxylic acids is 1. The number of nitrogens with one attached hydrogen (secondary N) is 1. The maximum Gasteiger partial charge on any atom is 0.234 e. The standard InChI is InChI=1S/C17H20N2O/c1-12-8-10-15(11-9-12)16(19-13(2)17(18)20)14-6-4-3-5-7-14/h3-11,13,16,19H,1-2H3,(H2,18,20). The van der Waals surface area contributed by atoms with Gasteiger partial charge in [0.05, 0.1) is 12.1 Å². The van der Waals surface area contributed by atoms with Crippen molar-refractivity contribution in [3.63, 3.8) is 0 Å². The average Bonchev–Trinajstić information content (AvgIpc) is 2.46. The molecule has 20 heavy (non-hydrogen) atoms. The lowest BCUT2D eigenvalue weighted by molar-refractivity contribution is -0.119. The first-order chi connectivity index (χ1) is 9.58. The van der Waals surface area contributed by atoms with Crippen LogP contribution in [0.2, 0.25) is 0 Å². The van der Waals surface area contributed by atoms with Crippen LogP contribution in [0.25, 0.3) is 0 Å². The van der Waals surface area contributed by atoms with Gasteiger partial charge in [-0.15, -0.1) is 0 Å². The molecule has 2 atom stereocenters. The van der Waals surface area contributed by atoms with E-state index in [4.69, 9.17) is 5.73 Å². The number of primary amides is 1. The fourth-order valence-electron chi connectivity index (χ4n) is 2.12. The Morgan fingerprint density at radius 3 is 2.10 bits per heavy atom. The van der Waals surface area contributed by atoms with Crippen LogP contribution in [0.4, 0.5) is 0 Å². The van der Waals surface area contributed by atoms with Gasteiger partial charge in [-0.3, -0.25) is 10.1 Å². The van der Waals surface area contributed by atoms with E-state index in [1.807, 2.05) is 30.3 Å². The van der Waals surface area contributed by atoms with Crippen molar-refractivity contribution >= 4 is 5.91 Å². The molecule has 2 unspecified atom stereocenters. The second-order valence-corrected chi connectivity index (χ2v) is 5.05. The lowest BCUT2D eigenvalue weighted by atomic mass is 9.97. The Morgan fingerprint density at radius 1 is 1.00 bits per heavy atom. The Labute approximate surface area is 119 Å². The molecule has 0 fully saturated rings. The Hall–Kier alpha value is -2.13. The quantitative estimate of drug-likeness (QED) is 0.875. The van der Waals surface area contributed by atoms with Crippen molar-refractivity contribution in [2.45, 2.75) is 25.9 Å². The maximum atomic E-state index is 11.3. The summed E-state index contributed by atoms with van der Waals surface area (Å²) in [4.78, 5) is 11.3. The molecule has 0 saturated carbocycles. The highest BCUT2D eigenvalue weighted by Gasteiger charge is 2.18. The summed E-state index contributed by atoms with van der Waals surface area (Å²) in [5.41, 5.74) is 8.81. The molecule has 0 aliphatic heterocycles. The van der Waals surface area contributed by atoms with Crippen molar-refractivity contribution < 1.29 is 4.79 Å². The van der Waals surface area contributed by atoms with Gasteiger partial charge in [0, 0.05) is 0 Å². The third-order valence-corrected chi connectivity index (χ3v) is 3.39. The molecule has 0 aliphatic rings. The smallest absolute Gasteiger partial charge is 0.234 e. The lowest BCUT2D eigenvalue weighted by Gasteiger charge is -2.23. The molecule has 0 bridgehead atoms. The maximum absolute atomic E-state index is 11.3. The van der Waals surface area contributed by atoms with Gasteiger partial charge in [0.2, 0.25) is 5.91 Å². The minimum Gasteiger partial charge on any atom is -0.368 e. The van der Waals surface area contributed by atoms with E-state index in [9.17, 15) is 4.79 Å². The van der Waals surface area contributed by atoms with E-state index in [-0.39, 0.29) is 18.0 Å². The molecular formula is C17H20N2O. The molecule has 2 aromatic rings. The average molecular weight is 268 g/mol. The molecule has 0 aromatic heterocycles. The van der Waals surface area contributed by atoms with Crippen LogP contribution in [0.5, 0.6) is 0 Å². The van der Waals surface area contributed by atoms with Crippen LogP contribution in [-0.2, 0) is 4.79 Å². The molecule has 0 radical (unpaired) electrons. The monoisotopic (exact) mass is 268 g/mol. The highest BCUT2D eigenvalue weighted by Crippen LogP contribution is 2.22. The van der Waals surface area contributed by atoms with Crippen LogP contribution in [0, 0.1) is 6.92 Å². The van der Waals surface area contributed by atoms with Crippen molar-refractivity contribution in [1.82, 2.24) is 5.32 Å². The molecule has 0 aliphatic carbocycles. The van der Waals surface area contributed by atoms with Gasteiger partial charge in [-0.1, -0.05) is 60.2 Å². The molecule has 3 N–H and O–H groups in total. The molecule has 0 heterocycles. The van der Waals surface area contributed by atoms with E-state index in [0.29, 0.717) is 0 Å². The SMILES string of the molecule is Cc1ccc(C(NC(C)C(N)=O)c2ccccc2)cc1. The molecule has 3 nitrogen and oxygen atoms in total. The van der Waals surface area contributed by atoms with E-state index in [1.54, 1.807) is 6.92 Å². The van der Waals surface area contributed by atoms with Crippen molar-refractivity contribution in [1.29, 1.82) is 0 Å². The summed E-state index contributed by atoms with van der Waals surface area (Å²) >= 11 is 0. The second kappa shape index (κ2) is 6.35. The van der Waals surface area contributed by atoms with Gasteiger partial charge >= 0.3 is 0 Å². The van der Waals surface area contributed by atoms with Crippen LogP contribution in [0.1, 0.15) is 29.7 Å². The summed E-state index contributed by atoms with van der Waals surface area (Å²) in [6, 6.07) is 17.9. The van der Waals surface area contributed by atoms with Crippen LogP contribution in [0.15, 0.2) is 54.6 Å². The zero-order chi connectivity index (χ0) is 14.5. The van der Waals surface area contributed by atoms with E-state index < -0.39 is 0 Å². The van der Waals surface area contributed by atoms with Crippen LogP contribution >= 0.6 is 0 Å². The Morgan fingerprint density at radius 2 is 1.55 bits per heavy atom. The zero-order valence-electron chi connectivity index (χ0n) is 11.8. The number of benzene rings is 2. The number of amides is 1. The van der Waals surface area contributed by atoms with Crippen molar-refractivity contribution in [2.24, 2.45) is 5.73 Å². The first-order valence-corrected chi connectivity index (χ1v) is 6.75. The highest BCUT2D eigenvalue weighted by molar-refractivity contribution is 5.79. The molecule has 2 aromatic carbocycles. The Balaban J connectivity index is 2.34. The second-order valence-electron chi connectivity index (χ2n) is 5.05. The van der Waals surface area contributed by atoms with E-state index in [0.717, 1.165) is 11.1 Å². The molecule has 3 heteroatoms. The van der Waals surface area contributed by atoms with E-state index in [1.165, 1.54) is 5.56 Å². The fraction of sp³-hybridized carbons (Fsp3) is 0.235. The largest absolute Gasteiger partial charge is 0.368 e. The van der Waals surface area contributed by atoms with Crippen LogP contribution < -0.4 is 11.1 Å². The van der Waals surface area contributed by atoms with Gasteiger partial charge in [-0.25, -0.2) is 0 Å². The number of nitrogens with two attached hydrogens (primary N) is 1. The van der Waals surface area contributed by atoms with Gasteiger partial charge < -0.3 is 5.73 Å². The van der Waals surface area contributed by atoms with Gasteiger partial charge in [0.25, 0.3) is 0 Å². The third-order valence-electron chi connectivity index (χ3n) is 3.39. The third kappa shape index (κ3) is 3.45. The topological polar surface area (TPSA) is 55.1 Å². The molecule has 0 spiro atoms. The first kappa shape index (κ1) is 14.3. The number of rotatable bonds is 5.